The van der Waals surface area contributed by atoms with Gasteiger partial charge in [-0.25, -0.2) is 4.98 Å². The number of rotatable bonds is 7. The maximum atomic E-state index is 5.75. The highest BCUT2D eigenvalue weighted by Crippen LogP contribution is 2.32. The molecule has 128 valence electrons. The lowest BCUT2D eigenvalue weighted by molar-refractivity contribution is 0.306. The van der Waals surface area contributed by atoms with Crippen molar-refractivity contribution in [1.29, 1.82) is 0 Å². The van der Waals surface area contributed by atoms with Gasteiger partial charge in [-0.3, -0.25) is 4.57 Å². The molecule has 0 N–H and O–H groups in total. The zero-order valence-corrected chi connectivity index (χ0v) is 15.2. The molecule has 0 unspecified atom stereocenters. The van der Waals surface area contributed by atoms with Crippen LogP contribution in [0.2, 0.25) is 0 Å². The standard InChI is InChI=1S/C15H18N2OS.C6H4/c1-2-3-4-10-18-14-7-5-6-13(11-14)17-9-8-16-15(17)12-19;1-2-5-4-6(5)3-1/h5-9,11-12H,2-4,10H2,1H3;1-4H. The van der Waals surface area contributed by atoms with E-state index in [2.05, 4.69) is 36.2 Å². The van der Waals surface area contributed by atoms with E-state index < -0.39 is 0 Å². The molecule has 1 aromatic heterocycles. The molecule has 0 aliphatic heterocycles. The van der Waals surface area contributed by atoms with Crippen molar-refractivity contribution in [2.24, 2.45) is 0 Å². The van der Waals surface area contributed by atoms with E-state index in [1.807, 2.05) is 35.0 Å². The summed E-state index contributed by atoms with van der Waals surface area (Å²) in [6, 6.07) is 16.5. The molecular weight excluding hydrogens is 328 g/mol. The fourth-order valence-electron chi connectivity index (χ4n) is 2.56. The third-order valence-electron chi connectivity index (χ3n) is 4.00. The Hall–Kier alpha value is -2.46. The average molecular weight is 350 g/mol. The van der Waals surface area contributed by atoms with Gasteiger partial charge in [0.2, 0.25) is 0 Å². The summed E-state index contributed by atoms with van der Waals surface area (Å²) in [4.78, 5) is 4.19. The van der Waals surface area contributed by atoms with Crippen molar-refractivity contribution in [3.63, 3.8) is 0 Å². The first-order chi connectivity index (χ1) is 12.3. The molecule has 0 radical (unpaired) electrons. The van der Waals surface area contributed by atoms with Crippen molar-refractivity contribution in [2.45, 2.75) is 26.2 Å². The summed E-state index contributed by atoms with van der Waals surface area (Å²) < 4.78 is 7.70. The molecule has 0 saturated heterocycles. The Labute approximate surface area is 154 Å². The minimum absolute atomic E-state index is 0.762. The van der Waals surface area contributed by atoms with Gasteiger partial charge in [0.1, 0.15) is 11.6 Å². The van der Waals surface area contributed by atoms with E-state index in [1.54, 1.807) is 11.6 Å². The molecule has 0 spiro atoms. The van der Waals surface area contributed by atoms with Gasteiger partial charge in [-0.05, 0) is 35.7 Å². The number of thiocarbonyl (C=S) groups is 1. The molecule has 2 aliphatic carbocycles. The molecular formula is C21H22N2OS. The molecule has 0 atom stereocenters. The topological polar surface area (TPSA) is 27.1 Å². The van der Waals surface area contributed by atoms with Gasteiger partial charge in [0.25, 0.3) is 0 Å². The second-order valence-electron chi connectivity index (χ2n) is 5.91. The number of hydrogen-bond donors (Lipinski definition) is 0. The van der Waals surface area contributed by atoms with Crippen LogP contribution in [0.25, 0.3) is 16.8 Å². The fourth-order valence-corrected chi connectivity index (χ4v) is 2.74. The predicted molar refractivity (Wildman–Crippen MR) is 107 cm³/mol. The van der Waals surface area contributed by atoms with Gasteiger partial charge in [0, 0.05) is 23.8 Å². The van der Waals surface area contributed by atoms with Gasteiger partial charge in [-0.2, -0.15) is 0 Å². The lowest BCUT2D eigenvalue weighted by Crippen LogP contribution is -2.00. The van der Waals surface area contributed by atoms with Crippen molar-refractivity contribution in [3.8, 4) is 22.6 Å². The predicted octanol–water partition coefficient (Wildman–Crippen LogP) is 5.46. The highest BCUT2D eigenvalue weighted by Gasteiger charge is 2.07. The first-order valence-electron chi connectivity index (χ1n) is 8.64. The van der Waals surface area contributed by atoms with E-state index in [1.165, 1.54) is 24.0 Å². The Morgan fingerprint density at radius 2 is 1.88 bits per heavy atom. The van der Waals surface area contributed by atoms with Crippen LogP contribution in [0.5, 0.6) is 5.75 Å². The van der Waals surface area contributed by atoms with E-state index in [0.717, 1.165) is 30.3 Å². The van der Waals surface area contributed by atoms with Crippen molar-refractivity contribution < 1.29 is 4.74 Å². The van der Waals surface area contributed by atoms with Crippen molar-refractivity contribution in [3.05, 3.63) is 66.7 Å². The molecule has 4 rings (SSSR count). The lowest BCUT2D eigenvalue weighted by atomic mass is 10.2. The molecule has 4 heteroatoms. The van der Waals surface area contributed by atoms with Crippen LogP contribution in [-0.4, -0.2) is 21.5 Å². The number of fused-ring (bicyclic) bond motifs is 1. The zero-order chi connectivity index (χ0) is 17.5. The minimum Gasteiger partial charge on any atom is -0.494 e. The van der Waals surface area contributed by atoms with E-state index in [0.29, 0.717) is 0 Å². The minimum atomic E-state index is 0.762. The van der Waals surface area contributed by atoms with Crippen molar-refractivity contribution >= 4 is 17.6 Å². The SMILES string of the molecule is CCCCCOc1cccc(-n2ccnc2C=S)c1.c1cc2cc-2c1. The number of benzene rings is 2. The van der Waals surface area contributed by atoms with Gasteiger partial charge in [0.15, 0.2) is 0 Å². The summed E-state index contributed by atoms with van der Waals surface area (Å²) in [5, 5.41) is 1.58. The van der Waals surface area contributed by atoms with Crippen LogP contribution in [-0.2, 0) is 0 Å². The van der Waals surface area contributed by atoms with E-state index in [-0.39, 0.29) is 0 Å². The first-order valence-corrected chi connectivity index (χ1v) is 9.11. The molecule has 2 aliphatic rings. The van der Waals surface area contributed by atoms with Crippen molar-refractivity contribution in [2.75, 3.05) is 6.61 Å². The van der Waals surface area contributed by atoms with Crippen LogP contribution in [0.15, 0.2) is 60.9 Å². The smallest absolute Gasteiger partial charge is 0.147 e. The van der Waals surface area contributed by atoms with Gasteiger partial charge in [0.05, 0.1) is 12.3 Å². The number of ether oxygens (including phenoxy) is 1. The summed E-state index contributed by atoms with van der Waals surface area (Å²) in [5.41, 5.74) is 3.87. The highest BCUT2D eigenvalue weighted by atomic mass is 32.1. The van der Waals surface area contributed by atoms with Crippen molar-refractivity contribution in [1.82, 2.24) is 9.55 Å². The Bertz CT molecular complexity index is 824. The second kappa shape index (κ2) is 8.58. The first kappa shape index (κ1) is 17.4. The van der Waals surface area contributed by atoms with Gasteiger partial charge in [-0.15, -0.1) is 0 Å². The molecule has 0 bridgehead atoms. The summed E-state index contributed by atoms with van der Waals surface area (Å²) in [5.74, 6) is 1.65. The zero-order valence-electron chi connectivity index (χ0n) is 14.4. The molecule has 3 nitrogen and oxygen atoms in total. The quantitative estimate of drug-likeness (QED) is 0.327. The molecule has 1 heterocycles. The number of aromatic nitrogens is 2. The Balaban J connectivity index is 0.000000250. The molecule has 0 amide bonds. The Morgan fingerprint density at radius 1 is 1.08 bits per heavy atom. The largest absolute Gasteiger partial charge is 0.494 e. The van der Waals surface area contributed by atoms with Crippen LogP contribution < -0.4 is 4.74 Å². The Kier molecular flexibility index (Phi) is 5.96. The molecule has 0 saturated carbocycles. The third kappa shape index (κ3) is 4.77. The highest BCUT2D eigenvalue weighted by molar-refractivity contribution is 7.79. The molecule has 2 aromatic rings. The van der Waals surface area contributed by atoms with Crippen LogP contribution in [0.1, 0.15) is 32.0 Å². The summed E-state index contributed by atoms with van der Waals surface area (Å²) in [6.45, 7) is 2.95. The lowest BCUT2D eigenvalue weighted by Gasteiger charge is -2.09. The van der Waals surface area contributed by atoms with Crippen LogP contribution in [0.4, 0.5) is 0 Å². The molecule has 1 aromatic carbocycles. The van der Waals surface area contributed by atoms with E-state index >= 15 is 0 Å². The normalized spacial score (nSPS) is 10.6. The average Bonchev–Trinajstić information content (AvgIpc) is 3.05. The van der Waals surface area contributed by atoms with Crippen LogP contribution in [0.3, 0.4) is 0 Å². The summed E-state index contributed by atoms with van der Waals surface area (Å²) in [7, 11) is 0. The van der Waals surface area contributed by atoms with Crippen LogP contribution >= 0.6 is 12.2 Å². The monoisotopic (exact) mass is 350 g/mol. The summed E-state index contributed by atoms with van der Waals surface area (Å²) in [6.07, 6.45) is 7.14. The number of imidazole rings is 1. The van der Waals surface area contributed by atoms with E-state index in [4.69, 9.17) is 17.0 Å². The third-order valence-corrected chi connectivity index (χ3v) is 4.21. The van der Waals surface area contributed by atoms with Crippen LogP contribution in [0, 0.1) is 0 Å². The van der Waals surface area contributed by atoms with Gasteiger partial charge >= 0.3 is 0 Å². The maximum Gasteiger partial charge on any atom is 0.147 e. The van der Waals surface area contributed by atoms with E-state index in [9.17, 15) is 0 Å². The number of nitrogens with zero attached hydrogens (tertiary/aromatic N) is 2. The molecule has 25 heavy (non-hydrogen) atoms. The second-order valence-corrected chi connectivity index (χ2v) is 6.14. The molecule has 0 fully saturated rings. The Morgan fingerprint density at radius 3 is 2.52 bits per heavy atom. The number of hydrogen-bond acceptors (Lipinski definition) is 3. The van der Waals surface area contributed by atoms with Gasteiger partial charge < -0.3 is 4.74 Å². The number of unbranched alkanes of at least 4 members (excludes halogenated alkanes) is 2. The summed E-state index contributed by atoms with van der Waals surface area (Å²) >= 11 is 4.95. The fraction of sp³-hybridized carbons (Fsp3) is 0.238. The van der Waals surface area contributed by atoms with Gasteiger partial charge in [-0.1, -0.05) is 56.2 Å². The maximum absolute atomic E-state index is 5.75.